The number of amides is 4. The minimum Gasteiger partial charge on any atom is -0.377 e. The predicted molar refractivity (Wildman–Crippen MR) is 129 cm³/mol. The van der Waals surface area contributed by atoms with Gasteiger partial charge in [0.15, 0.2) is 0 Å². The first-order valence-electron chi connectivity index (χ1n) is 11.2. The van der Waals surface area contributed by atoms with E-state index in [1.165, 1.54) is 4.90 Å². The average Bonchev–Trinajstić information content (AvgIpc) is 3.26. The lowest BCUT2D eigenvalue weighted by molar-refractivity contribution is -0.125. The number of anilines is 3. The van der Waals surface area contributed by atoms with E-state index in [2.05, 4.69) is 10.6 Å². The van der Waals surface area contributed by atoms with Crippen molar-refractivity contribution in [2.75, 3.05) is 48.4 Å². The average molecular weight is 487 g/mol. The molecule has 2 aliphatic rings. The van der Waals surface area contributed by atoms with Crippen molar-refractivity contribution in [3.8, 4) is 0 Å². The second-order valence-electron chi connectivity index (χ2n) is 8.05. The first-order valence-corrected chi connectivity index (χ1v) is 11.6. The third kappa shape index (κ3) is 5.67. The molecule has 2 aromatic rings. The standard InChI is InChI=1S/C24H27ClN4O5/c1-2-34-20-13-21(29(14-20)24(32)27-18-5-3-16(25)4-6-18)23(31)26-17-7-9-19(10-8-17)28-11-12-33-15-22(28)30/h3-10,20-21H,2,11-15H2,1H3,(H,26,31)(H,27,32)/t20-,21+/m0/s1. The molecule has 0 aromatic heterocycles. The summed E-state index contributed by atoms with van der Waals surface area (Å²) in [5, 5.41) is 6.26. The maximum Gasteiger partial charge on any atom is 0.322 e. The van der Waals surface area contributed by atoms with E-state index < -0.39 is 6.04 Å². The van der Waals surface area contributed by atoms with Gasteiger partial charge in [-0.25, -0.2) is 4.79 Å². The first-order chi connectivity index (χ1) is 16.4. The minimum atomic E-state index is -0.690. The SMILES string of the molecule is CCO[C@H]1C[C@H](C(=O)Nc2ccc(N3CCOCC3=O)cc2)N(C(=O)Nc2ccc(Cl)cc2)C1. The van der Waals surface area contributed by atoms with Gasteiger partial charge >= 0.3 is 6.03 Å². The molecule has 9 nitrogen and oxygen atoms in total. The monoisotopic (exact) mass is 486 g/mol. The molecule has 0 unspecified atom stereocenters. The molecule has 2 aromatic carbocycles. The van der Waals surface area contributed by atoms with Crippen molar-refractivity contribution in [1.29, 1.82) is 0 Å². The molecule has 34 heavy (non-hydrogen) atoms. The van der Waals surface area contributed by atoms with Gasteiger partial charge in [0.25, 0.3) is 5.91 Å². The highest BCUT2D eigenvalue weighted by Gasteiger charge is 2.40. The molecule has 10 heteroatoms. The summed E-state index contributed by atoms with van der Waals surface area (Å²) in [6, 6.07) is 12.7. The van der Waals surface area contributed by atoms with E-state index in [0.717, 1.165) is 5.69 Å². The molecule has 4 amide bonds. The molecule has 0 spiro atoms. The highest BCUT2D eigenvalue weighted by atomic mass is 35.5. The van der Waals surface area contributed by atoms with Gasteiger partial charge in [-0.2, -0.15) is 0 Å². The summed E-state index contributed by atoms with van der Waals surface area (Å²) in [6.07, 6.45) is 0.167. The summed E-state index contributed by atoms with van der Waals surface area (Å²) in [6.45, 7) is 3.72. The number of nitrogens with zero attached hydrogens (tertiary/aromatic N) is 2. The zero-order valence-corrected chi connectivity index (χ0v) is 19.6. The lowest BCUT2D eigenvalue weighted by Gasteiger charge is -2.27. The van der Waals surface area contributed by atoms with Crippen LogP contribution in [0.15, 0.2) is 48.5 Å². The summed E-state index contributed by atoms with van der Waals surface area (Å²) in [5.41, 5.74) is 1.90. The van der Waals surface area contributed by atoms with Gasteiger partial charge in [0.05, 0.1) is 12.7 Å². The number of urea groups is 1. The Hall–Kier alpha value is -3.14. The third-order valence-corrected chi connectivity index (χ3v) is 6.01. The number of carbonyl (C=O) groups excluding carboxylic acids is 3. The van der Waals surface area contributed by atoms with Crippen LogP contribution in [0.2, 0.25) is 5.02 Å². The maximum absolute atomic E-state index is 13.1. The van der Waals surface area contributed by atoms with Crippen LogP contribution in [-0.4, -0.2) is 67.8 Å². The van der Waals surface area contributed by atoms with Gasteiger partial charge in [-0.3, -0.25) is 9.59 Å². The highest BCUT2D eigenvalue weighted by Crippen LogP contribution is 2.25. The van der Waals surface area contributed by atoms with Gasteiger partial charge in [0.1, 0.15) is 12.6 Å². The fourth-order valence-corrected chi connectivity index (χ4v) is 4.22. The van der Waals surface area contributed by atoms with Crippen LogP contribution in [0.1, 0.15) is 13.3 Å². The van der Waals surface area contributed by atoms with E-state index in [1.54, 1.807) is 53.4 Å². The van der Waals surface area contributed by atoms with Gasteiger partial charge in [-0.15, -0.1) is 0 Å². The number of ether oxygens (including phenoxy) is 2. The van der Waals surface area contributed by atoms with E-state index in [0.29, 0.717) is 49.1 Å². The normalized spacial score (nSPS) is 20.4. The third-order valence-electron chi connectivity index (χ3n) is 5.76. The number of carbonyl (C=O) groups is 3. The number of halogens is 1. The number of hydrogen-bond donors (Lipinski definition) is 2. The molecule has 4 rings (SSSR count). The lowest BCUT2D eigenvalue weighted by Crippen LogP contribution is -2.45. The Labute approximate surface area is 202 Å². The molecule has 2 heterocycles. The minimum absolute atomic E-state index is 0.0646. The van der Waals surface area contributed by atoms with E-state index in [9.17, 15) is 14.4 Å². The summed E-state index contributed by atoms with van der Waals surface area (Å²) in [7, 11) is 0. The Bertz CT molecular complexity index is 1030. The topological polar surface area (TPSA) is 100 Å². The van der Waals surface area contributed by atoms with E-state index in [-0.39, 0.29) is 30.6 Å². The van der Waals surface area contributed by atoms with Crippen molar-refractivity contribution in [3.63, 3.8) is 0 Å². The number of rotatable bonds is 6. The fourth-order valence-electron chi connectivity index (χ4n) is 4.10. The molecule has 2 saturated heterocycles. The van der Waals surface area contributed by atoms with Crippen molar-refractivity contribution in [1.82, 2.24) is 4.90 Å². The van der Waals surface area contributed by atoms with Crippen molar-refractivity contribution in [2.24, 2.45) is 0 Å². The molecule has 0 aliphatic carbocycles. The summed E-state index contributed by atoms with van der Waals surface area (Å²) >= 11 is 5.91. The lowest BCUT2D eigenvalue weighted by atomic mass is 10.1. The van der Waals surface area contributed by atoms with Gasteiger partial charge < -0.3 is 29.9 Å². The number of hydrogen-bond acceptors (Lipinski definition) is 5. The van der Waals surface area contributed by atoms with Gasteiger partial charge in [0.2, 0.25) is 5.91 Å². The predicted octanol–water partition coefficient (Wildman–Crippen LogP) is 3.35. The first kappa shape index (κ1) is 24.0. The molecule has 2 atom stereocenters. The zero-order chi connectivity index (χ0) is 24.1. The molecule has 180 valence electrons. The van der Waals surface area contributed by atoms with Crippen molar-refractivity contribution < 1.29 is 23.9 Å². The molecule has 2 aliphatic heterocycles. The Kier molecular flexibility index (Phi) is 7.66. The number of benzene rings is 2. The molecular weight excluding hydrogens is 460 g/mol. The summed E-state index contributed by atoms with van der Waals surface area (Å²) in [4.78, 5) is 41.3. The van der Waals surface area contributed by atoms with Gasteiger partial charge in [-0.05, 0) is 55.5 Å². The largest absolute Gasteiger partial charge is 0.377 e. The number of nitrogens with one attached hydrogen (secondary N) is 2. The van der Waals surface area contributed by atoms with Crippen LogP contribution in [0.25, 0.3) is 0 Å². The van der Waals surface area contributed by atoms with Crippen molar-refractivity contribution >= 4 is 46.5 Å². The Morgan fingerprint density at radius 3 is 2.44 bits per heavy atom. The van der Waals surface area contributed by atoms with Crippen LogP contribution in [0.5, 0.6) is 0 Å². The fraction of sp³-hybridized carbons (Fsp3) is 0.375. The van der Waals surface area contributed by atoms with Crippen LogP contribution in [0.3, 0.4) is 0 Å². The van der Waals surface area contributed by atoms with Gasteiger partial charge in [-0.1, -0.05) is 11.6 Å². The van der Waals surface area contributed by atoms with Crippen LogP contribution in [0, 0.1) is 0 Å². The van der Waals surface area contributed by atoms with Crippen molar-refractivity contribution in [3.05, 3.63) is 53.6 Å². The number of likely N-dealkylation sites (tertiary alicyclic amines) is 1. The van der Waals surface area contributed by atoms with Crippen LogP contribution in [0.4, 0.5) is 21.9 Å². The molecule has 2 N–H and O–H groups in total. The van der Waals surface area contributed by atoms with E-state index in [1.807, 2.05) is 6.92 Å². The quantitative estimate of drug-likeness (QED) is 0.652. The van der Waals surface area contributed by atoms with Gasteiger partial charge in [0, 0.05) is 48.2 Å². The molecule has 2 fully saturated rings. The van der Waals surface area contributed by atoms with Crippen molar-refractivity contribution in [2.45, 2.75) is 25.5 Å². The second kappa shape index (κ2) is 10.9. The van der Waals surface area contributed by atoms with Crippen LogP contribution < -0.4 is 15.5 Å². The molecule has 0 radical (unpaired) electrons. The summed E-state index contributed by atoms with van der Waals surface area (Å²) in [5.74, 6) is -0.401. The zero-order valence-electron chi connectivity index (χ0n) is 18.8. The smallest absolute Gasteiger partial charge is 0.322 e. The Balaban J connectivity index is 1.43. The van der Waals surface area contributed by atoms with Crippen LogP contribution >= 0.6 is 11.6 Å². The molecule has 0 saturated carbocycles. The Morgan fingerprint density at radius 1 is 1.09 bits per heavy atom. The number of morpholine rings is 1. The van der Waals surface area contributed by atoms with E-state index >= 15 is 0 Å². The molecule has 0 bridgehead atoms. The molecular formula is C24H27ClN4O5. The second-order valence-corrected chi connectivity index (χ2v) is 8.49. The van der Waals surface area contributed by atoms with E-state index in [4.69, 9.17) is 21.1 Å². The highest BCUT2D eigenvalue weighted by molar-refractivity contribution is 6.30. The maximum atomic E-state index is 13.1. The van der Waals surface area contributed by atoms with Crippen LogP contribution in [-0.2, 0) is 19.1 Å². The summed E-state index contributed by atoms with van der Waals surface area (Å²) < 4.78 is 10.9. The Morgan fingerprint density at radius 2 is 1.76 bits per heavy atom.